The largest absolute Gasteiger partial charge is 0.506 e. The van der Waals surface area contributed by atoms with Crippen molar-refractivity contribution >= 4 is 11.9 Å². The van der Waals surface area contributed by atoms with E-state index < -0.39 is 0 Å². The molecule has 0 aliphatic carbocycles. The third-order valence-corrected chi connectivity index (χ3v) is 2.57. The first-order valence-corrected chi connectivity index (χ1v) is 5.59. The quantitative estimate of drug-likeness (QED) is 0.661. The zero-order chi connectivity index (χ0) is 13.0. The van der Waals surface area contributed by atoms with Gasteiger partial charge in [0.1, 0.15) is 5.75 Å². The van der Waals surface area contributed by atoms with Crippen LogP contribution >= 0.6 is 0 Å². The van der Waals surface area contributed by atoms with Crippen LogP contribution in [0.3, 0.4) is 0 Å². The van der Waals surface area contributed by atoms with Crippen LogP contribution < -0.4 is 0 Å². The van der Waals surface area contributed by atoms with E-state index in [1.54, 1.807) is 6.08 Å². The Bertz CT molecular complexity index is 586. The number of benzene rings is 1. The van der Waals surface area contributed by atoms with E-state index in [4.69, 9.17) is 0 Å². The molecule has 2 rings (SSSR count). The summed E-state index contributed by atoms with van der Waals surface area (Å²) in [6.07, 6.45) is 5.90. The van der Waals surface area contributed by atoms with Gasteiger partial charge >= 0.3 is 0 Å². The Balaban J connectivity index is 2.17. The van der Waals surface area contributed by atoms with Gasteiger partial charge in [-0.2, -0.15) is 0 Å². The summed E-state index contributed by atoms with van der Waals surface area (Å²) < 4.78 is 0. The van der Waals surface area contributed by atoms with Crippen LogP contribution in [0.1, 0.15) is 21.5 Å². The minimum Gasteiger partial charge on any atom is -0.506 e. The summed E-state index contributed by atoms with van der Waals surface area (Å²) in [4.78, 5) is 15.6. The van der Waals surface area contributed by atoms with Crippen molar-refractivity contribution in [2.24, 2.45) is 0 Å². The summed E-state index contributed by atoms with van der Waals surface area (Å²) in [5.41, 5.74) is 2.38. The number of aromatic nitrogens is 1. The lowest BCUT2D eigenvalue weighted by molar-refractivity contribution is 0.104. The lowest BCUT2D eigenvalue weighted by Crippen LogP contribution is -1.94. The molecule has 1 aromatic heterocycles. The van der Waals surface area contributed by atoms with Gasteiger partial charge in [-0.3, -0.25) is 9.78 Å². The fourth-order valence-electron chi connectivity index (χ4n) is 1.53. The van der Waals surface area contributed by atoms with Gasteiger partial charge in [-0.15, -0.1) is 0 Å². The minimum absolute atomic E-state index is 0.101. The van der Waals surface area contributed by atoms with Gasteiger partial charge in [0.25, 0.3) is 0 Å². The third kappa shape index (κ3) is 2.83. The molecule has 1 N–H and O–H groups in total. The molecule has 0 aliphatic heterocycles. The average molecular weight is 239 g/mol. The Kier molecular flexibility index (Phi) is 3.53. The predicted octanol–water partition coefficient (Wildman–Crippen LogP) is 2.99. The molecule has 18 heavy (non-hydrogen) atoms. The summed E-state index contributed by atoms with van der Waals surface area (Å²) in [5, 5.41) is 9.50. The molecule has 0 amide bonds. The Morgan fingerprint density at radius 2 is 1.94 bits per heavy atom. The number of hydrogen-bond acceptors (Lipinski definition) is 3. The monoisotopic (exact) mass is 239 g/mol. The number of rotatable bonds is 3. The summed E-state index contributed by atoms with van der Waals surface area (Å²) in [6.45, 7) is 2.01. The predicted molar refractivity (Wildman–Crippen MR) is 70.4 cm³/mol. The Morgan fingerprint density at radius 3 is 2.61 bits per heavy atom. The Hall–Kier alpha value is -2.42. The maximum Gasteiger partial charge on any atom is 0.189 e. The van der Waals surface area contributed by atoms with E-state index in [1.165, 1.54) is 30.1 Å². The van der Waals surface area contributed by atoms with E-state index >= 15 is 0 Å². The van der Waals surface area contributed by atoms with Crippen molar-refractivity contribution in [2.45, 2.75) is 6.92 Å². The van der Waals surface area contributed by atoms with Gasteiger partial charge in [0.05, 0.1) is 11.8 Å². The number of nitrogens with zero attached hydrogens (tertiary/aromatic N) is 1. The van der Waals surface area contributed by atoms with Crippen LogP contribution in [0.25, 0.3) is 6.08 Å². The van der Waals surface area contributed by atoms with Crippen LogP contribution in [0.4, 0.5) is 0 Å². The molecule has 0 spiro atoms. The molecule has 1 aromatic carbocycles. The van der Waals surface area contributed by atoms with E-state index in [0.717, 1.165) is 5.56 Å². The summed E-state index contributed by atoms with van der Waals surface area (Å²) >= 11 is 0. The van der Waals surface area contributed by atoms with Gasteiger partial charge in [-0.25, -0.2) is 0 Å². The minimum atomic E-state index is -0.240. The standard InChI is InChI=1S/C15H13NO2/c1-11-2-4-12(5-3-11)6-7-14(17)13-8-9-16-10-15(13)18/h2-10,18H,1H3/b7-6+. The smallest absolute Gasteiger partial charge is 0.189 e. The first-order valence-electron chi connectivity index (χ1n) is 5.59. The number of allylic oxidation sites excluding steroid dienone is 1. The van der Waals surface area contributed by atoms with Crippen LogP contribution in [0.5, 0.6) is 5.75 Å². The van der Waals surface area contributed by atoms with Crippen molar-refractivity contribution in [3.63, 3.8) is 0 Å². The molecule has 3 heteroatoms. The summed E-state index contributed by atoms with van der Waals surface area (Å²) in [5.74, 6) is -0.341. The maximum atomic E-state index is 11.8. The Morgan fingerprint density at radius 1 is 1.22 bits per heavy atom. The van der Waals surface area contributed by atoms with E-state index in [9.17, 15) is 9.90 Å². The molecule has 0 bridgehead atoms. The molecule has 2 aromatic rings. The van der Waals surface area contributed by atoms with Crippen molar-refractivity contribution in [1.82, 2.24) is 4.98 Å². The highest BCUT2D eigenvalue weighted by Gasteiger charge is 2.06. The van der Waals surface area contributed by atoms with E-state index in [-0.39, 0.29) is 17.1 Å². The van der Waals surface area contributed by atoms with Gasteiger partial charge in [0.2, 0.25) is 0 Å². The van der Waals surface area contributed by atoms with Gasteiger partial charge < -0.3 is 5.11 Å². The highest BCUT2D eigenvalue weighted by molar-refractivity contribution is 6.08. The molecule has 0 aliphatic rings. The molecule has 0 radical (unpaired) electrons. The molecule has 0 atom stereocenters. The molecule has 0 unspecified atom stereocenters. The number of carbonyl (C=O) groups excluding carboxylic acids is 1. The lowest BCUT2D eigenvalue weighted by Gasteiger charge is -1.98. The van der Waals surface area contributed by atoms with Crippen LogP contribution in [-0.2, 0) is 0 Å². The highest BCUT2D eigenvalue weighted by atomic mass is 16.3. The van der Waals surface area contributed by atoms with Gasteiger partial charge in [-0.05, 0) is 24.6 Å². The number of hydrogen-bond donors (Lipinski definition) is 1. The van der Waals surface area contributed by atoms with Crippen LogP contribution in [0.2, 0.25) is 0 Å². The molecule has 90 valence electrons. The number of ketones is 1. The average Bonchev–Trinajstić information content (AvgIpc) is 2.38. The summed E-state index contributed by atoms with van der Waals surface area (Å²) in [6, 6.07) is 9.33. The fraction of sp³-hybridized carbons (Fsp3) is 0.0667. The van der Waals surface area contributed by atoms with Crippen molar-refractivity contribution in [3.05, 3.63) is 65.5 Å². The first kappa shape index (κ1) is 12.0. The topological polar surface area (TPSA) is 50.2 Å². The van der Waals surface area contributed by atoms with Gasteiger partial charge in [0.15, 0.2) is 5.78 Å². The molecular formula is C15H13NO2. The highest BCUT2D eigenvalue weighted by Crippen LogP contribution is 2.15. The van der Waals surface area contributed by atoms with Gasteiger partial charge in [0, 0.05) is 6.20 Å². The lowest BCUT2D eigenvalue weighted by atomic mass is 10.1. The van der Waals surface area contributed by atoms with Crippen molar-refractivity contribution in [2.75, 3.05) is 0 Å². The zero-order valence-corrected chi connectivity index (χ0v) is 10.00. The van der Waals surface area contributed by atoms with E-state index in [2.05, 4.69) is 4.98 Å². The second-order valence-electron chi connectivity index (χ2n) is 4.00. The molecular weight excluding hydrogens is 226 g/mol. The first-order chi connectivity index (χ1) is 8.66. The second kappa shape index (κ2) is 5.27. The second-order valence-corrected chi connectivity index (χ2v) is 4.00. The normalized spacial score (nSPS) is 10.7. The molecule has 0 fully saturated rings. The van der Waals surface area contributed by atoms with E-state index in [0.29, 0.717) is 0 Å². The zero-order valence-electron chi connectivity index (χ0n) is 10.00. The number of pyridine rings is 1. The molecule has 3 nitrogen and oxygen atoms in total. The Labute approximate surface area is 105 Å². The SMILES string of the molecule is Cc1ccc(/C=C/C(=O)c2ccncc2O)cc1. The van der Waals surface area contributed by atoms with Crippen molar-refractivity contribution in [1.29, 1.82) is 0 Å². The van der Waals surface area contributed by atoms with Crippen LogP contribution in [-0.4, -0.2) is 15.9 Å². The molecule has 1 heterocycles. The van der Waals surface area contributed by atoms with Crippen molar-refractivity contribution < 1.29 is 9.90 Å². The number of carbonyl (C=O) groups is 1. The van der Waals surface area contributed by atoms with Gasteiger partial charge in [-0.1, -0.05) is 35.9 Å². The number of aryl methyl sites for hydroxylation is 1. The van der Waals surface area contributed by atoms with Crippen LogP contribution in [0.15, 0.2) is 48.8 Å². The third-order valence-electron chi connectivity index (χ3n) is 2.57. The van der Waals surface area contributed by atoms with Crippen LogP contribution in [0, 0.1) is 6.92 Å². The maximum absolute atomic E-state index is 11.8. The van der Waals surface area contributed by atoms with Crippen molar-refractivity contribution in [3.8, 4) is 5.75 Å². The number of aromatic hydroxyl groups is 1. The fourth-order valence-corrected chi connectivity index (χ4v) is 1.53. The van der Waals surface area contributed by atoms with E-state index in [1.807, 2.05) is 31.2 Å². The molecule has 0 saturated carbocycles. The summed E-state index contributed by atoms with van der Waals surface area (Å²) in [7, 11) is 0. The molecule has 0 saturated heterocycles.